The Balaban J connectivity index is 0.967. The highest BCUT2D eigenvalue weighted by molar-refractivity contribution is 5.88. The Kier molecular flexibility index (Phi) is 17.1. The molecule has 3 aliphatic heterocycles. The van der Waals surface area contributed by atoms with E-state index in [0.29, 0.717) is 18.4 Å². The van der Waals surface area contributed by atoms with Gasteiger partial charge in [0, 0.05) is 63.6 Å². The summed E-state index contributed by atoms with van der Waals surface area (Å²) in [7, 11) is 4.54. The van der Waals surface area contributed by atoms with Crippen LogP contribution in [0.25, 0.3) is 6.08 Å². The van der Waals surface area contributed by atoms with E-state index in [9.17, 15) is 40.2 Å². The highest BCUT2D eigenvalue weighted by Gasteiger charge is 2.82. The monoisotopic (exact) mass is 1060 g/mol. The van der Waals surface area contributed by atoms with Crippen molar-refractivity contribution in [3.63, 3.8) is 0 Å². The van der Waals surface area contributed by atoms with Crippen LogP contribution in [0.1, 0.15) is 112 Å². The minimum absolute atomic E-state index is 0.0641. The van der Waals surface area contributed by atoms with Gasteiger partial charge >= 0.3 is 11.9 Å². The van der Waals surface area contributed by atoms with E-state index in [2.05, 4.69) is 0 Å². The number of hydrogen-bond donors (Lipinski definition) is 6. The van der Waals surface area contributed by atoms with Gasteiger partial charge in [0.25, 0.3) is 0 Å². The molecule has 0 aromatic heterocycles. The first-order valence-corrected chi connectivity index (χ1v) is 26.6. The van der Waals surface area contributed by atoms with E-state index in [1.165, 1.54) is 19.3 Å². The van der Waals surface area contributed by atoms with Crippen molar-refractivity contribution in [1.82, 2.24) is 0 Å². The van der Waals surface area contributed by atoms with Gasteiger partial charge in [-0.2, -0.15) is 0 Å². The third kappa shape index (κ3) is 10.0. The number of aliphatic hydroxyl groups excluding tert-OH is 2. The molecule has 75 heavy (non-hydrogen) atoms. The van der Waals surface area contributed by atoms with E-state index in [1.54, 1.807) is 67.1 Å². The van der Waals surface area contributed by atoms with Gasteiger partial charge in [-0.3, -0.25) is 0 Å². The second kappa shape index (κ2) is 22.1. The Morgan fingerprint density at radius 2 is 1.39 bits per heavy atom. The number of methoxy groups -OCH3 is 3. The van der Waals surface area contributed by atoms with E-state index in [4.69, 9.17) is 52.1 Å². The number of allylic oxidation sites excluding steroid dienone is 1. The molecule has 19 heteroatoms. The van der Waals surface area contributed by atoms with E-state index < -0.39 is 149 Å². The van der Waals surface area contributed by atoms with Crippen molar-refractivity contribution in [1.29, 1.82) is 0 Å². The molecule has 0 bridgehead atoms. The lowest BCUT2D eigenvalue weighted by molar-refractivity contribution is -0.353. The largest absolute Gasteiger partial charge is 0.458 e. The predicted octanol–water partition coefficient (Wildman–Crippen LogP) is 3.95. The van der Waals surface area contributed by atoms with Gasteiger partial charge in [-0.05, 0) is 85.3 Å². The minimum Gasteiger partial charge on any atom is -0.458 e. The first kappa shape index (κ1) is 57.9. The van der Waals surface area contributed by atoms with Crippen molar-refractivity contribution >= 4 is 18.0 Å². The zero-order valence-electron chi connectivity index (χ0n) is 45.2. The first-order valence-electron chi connectivity index (χ1n) is 26.6. The maximum atomic E-state index is 13.9. The summed E-state index contributed by atoms with van der Waals surface area (Å²) in [5.41, 5.74) is -9.62. The summed E-state index contributed by atoms with van der Waals surface area (Å²) in [6.07, 6.45) is -4.30. The van der Waals surface area contributed by atoms with Crippen molar-refractivity contribution in [3.05, 3.63) is 65.8 Å². The lowest BCUT2D eigenvalue weighted by Crippen LogP contribution is -2.80. The van der Waals surface area contributed by atoms with Gasteiger partial charge in [0.2, 0.25) is 0 Å². The van der Waals surface area contributed by atoms with Crippen LogP contribution in [0.2, 0.25) is 0 Å². The van der Waals surface area contributed by atoms with Crippen LogP contribution in [0.3, 0.4) is 0 Å². The highest BCUT2D eigenvalue weighted by Crippen LogP contribution is 2.71. The van der Waals surface area contributed by atoms with Crippen LogP contribution < -0.4 is 0 Å². The predicted molar refractivity (Wildman–Crippen MR) is 268 cm³/mol. The third-order valence-corrected chi connectivity index (χ3v) is 18.8. The summed E-state index contributed by atoms with van der Waals surface area (Å²) in [5, 5.41) is 73.6. The number of carbonyl (C=O) groups excluding carboxylic acids is 2. The summed E-state index contributed by atoms with van der Waals surface area (Å²) in [4.78, 5) is 27.0. The molecule has 23 atom stereocenters. The number of fused-ring (bicyclic) bond motifs is 5. The Morgan fingerprint density at radius 1 is 0.760 bits per heavy atom. The molecule has 8 rings (SSSR count). The number of ether oxygens (including phenoxy) is 11. The summed E-state index contributed by atoms with van der Waals surface area (Å²) < 4.78 is 67.5. The molecule has 1 aromatic rings. The molecule has 0 amide bonds. The van der Waals surface area contributed by atoms with Crippen LogP contribution in [-0.4, -0.2) is 185 Å². The van der Waals surface area contributed by atoms with Crippen LogP contribution in [-0.2, 0) is 61.7 Å². The van der Waals surface area contributed by atoms with Crippen LogP contribution >= 0.6 is 0 Å². The summed E-state index contributed by atoms with van der Waals surface area (Å²) >= 11 is 0. The second-order valence-electron chi connectivity index (χ2n) is 22.6. The molecule has 3 heterocycles. The summed E-state index contributed by atoms with van der Waals surface area (Å²) in [6.45, 7) is 13.6. The van der Waals surface area contributed by atoms with E-state index in [1.807, 2.05) is 51.1 Å². The average molecular weight is 1060 g/mol. The zero-order chi connectivity index (χ0) is 54.6. The molecular formula is C56H82O19. The quantitative estimate of drug-likeness (QED) is 0.0826. The smallest absolute Gasteiger partial charge is 0.333 e. The molecule has 4 aliphatic carbocycles. The SMILES string of the molecule is C/C=C(\C)C(=O)OC(C)[C@]1(O)CC[C@@]2(O)[C@]1(C)C(OC(=O)/C=C/c1ccccc1)C[C@H]1[C@@]2(O)C=C[C@@]2(O)C[C@@H](O[C@H]3C[C@H](OC)[C@H](O[C@H]4C[C@@H](OC)[C@H](O[C@@H]5O[C@H](C)[C@@H](O)[C@H](OC)[C@H]5O)[C@@H](C)O4)[C@@H](C)O3)CC[C@]12C. The summed E-state index contributed by atoms with van der Waals surface area (Å²) in [6, 6.07) is 9.18. The zero-order valence-corrected chi connectivity index (χ0v) is 45.2. The van der Waals surface area contributed by atoms with Gasteiger partial charge < -0.3 is 82.7 Å². The molecule has 3 saturated carbocycles. The Morgan fingerprint density at radius 3 is 2.00 bits per heavy atom. The maximum absolute atomic E-state index is 13.9. The fourth-order valence-electron chi connectivity index (χ4n) is 13.9. The van der Waals surface area contributed by atoms with Crippen LogP contribution in [0.4, 0.5) is 0 Å². The first-order chi connectivity index (χ1) is 35.4. The van der Waals surface area contributed by atoms with Gasteiger partial charge in [0.05, 0.1) is 47.6 Å². The normalized spacial score (nSPS) is 47.3. The molecule has 0 spiro atoms. The summed E-state index contributed by atoms with van der Waals surface area (Å²) in [5.74, 6) is -2.30. The number of esters is 2. The minimum atomic E-state index is -2.15. The highest BCUT2D eigenvalue weighted by atomic mass is 16.8. The van der Waals surface area contributed by atoms with Gasteiger partial charge in [-0.15, -0.1) is 0 Å². The van der Waals surface area contributed by atoms with Crippen LogP contribution in [0.5, 0.6) is 0 Å². The molecule has 0 radical (unpaired) electrons. The van der Waals surface area contributed by atoms with Gasteiger partial charge in [0.1, 0.15) is 59.5 Å². The Bertz CT molecular complexity index is 2260. The van der Waals surface area contributed by atoms with Crippen molar-refractivity contribution in [2.24, 2.45) is 16.7 Å². The lowest BCUT2D eigenvalue weighted by atomic mass is 9.41. The Labute approximate surface area is 440 Å². The van der Waals surface area contributed by atoms with Crippen LogP contribution in [0, 0.1) is 16.7 Å². The molecule has 3 saturated heterocycles. The van der Waals surface area contributed by atoms with Crippen molar-refractivity contribution in [2.45, 2.75) is 227 Å². The maximum Gasteiger partial charge on any atom is 0.333 e. The number of rotatable bonds is 15. The van der Waals surface area contributed by atoms with Gasteiger partial charge in [-0.25, -0.2) is 9.59 Å². The van der Waals surface area contributed by atoms with Crippen molar-refractivity contribution in [2.75, 3.05) is 21.3 Å². The molecular weight excluding hydrogens is 977 g/mol. The van der Waals surface area contributed by atoms with Crippen molar-refractivity contribution < 1.29 is 92.3 Å². The fraction of sp³-hybridized carbons (Fsp3) is 0.750. The molecule has 19 nitrogen and oxygen atoms in total. The average Bonchev–Trinajstić information content (AvgIpc) is 3.61. The van der Waals surface area contributed by atoms with Crippen LogP contribution in [0.15, 0.2) is 60.2 Å². The topological polar surface area (TPSA) is 257 Å². The van der Waals surface area contributed by atoms with Gasteiger partial charge in [0.15, 0.2) is 18.9 Å². The number of benzene rings is 1. The molecule has 7 aliphatic rings. The van der Waals surface area contributed by atoms with Gasteiger partial charge in [-0.1, -0.05) is 62.4 Å². The number of carbonyl (C=O) groups is 2. The van der Waals surface area contributed by atoms with E-state index in [0.717, 1.165) is 5.56 Å². The number of hydrogen-bond acceptors (Lipinski definition) is 19. The second-order valence-corrected chi connectivity index (χ2v) is 22.6. The number of aliphatic hydroxyl groups is 6. The molecule has 2 unspecified atom stereocenters. The Hall–Kier alpha value is -3.22. The molecule has 6 N–H and O–H groups in total. The fourth-order valence-corrected chi connectivity index (χ4v) is 13.9. The molecule has 6 fully saturated rings. The molecule has 420 valence electrons. The van der Waals surface area contributed by atoms with Crippen molar-refractivity contribution in [3.8, 4) is 0 Å². The molecule has 1 aromatic carbocycles. The third-order valence-electron chi connectivity index (χ3n) is 18.8. The van der Waals surface area contributed by atoms with E-state index >= 15 is 0 Å². The standard InChI is InChI=1S/C56H82O19/c1-12-30(2)49(60)71-34(6)54(62)24-25-56(64)52(54,8)40(73-41(57)19-18-35-16-14-13-15-17-35)28-39-51(7)21-20-36(29-53(51,61)22-23-55(39,56)63)72-42-26-37(65-9)46(32(4)68-42)74-43-27-38(66-10)47(33(5)69-43)75-50-45(59)48(67-11)44(58)31(3)70-50/h12-19,22-23,31-34,36-40,42-48,50,58-59,61-64H,20-21,24-29H2,1-11H3/b19-18+,30-12+/t31-,32-,33-,34?,36+,37+,38-,39-,40?,42+,43+,44-,45-,46-,47-,48+,50+,51-,52-,53-,54-,55+,56-/m1/s1. The lowest BCUT2D eigenvalue weighted by Gasteiger charge is -2.68. The van der Waals surface area contributed by atoms with E-state index in [-0.39, 0.29) is 38.5 Å².